The van der Waals surface area contributed by atoms with Crippen molar-refractivity contribution in [2.45, 2.75) is 0 Å². The molecule has 0 bridgehead atoms. The standard InChI is InChI=1S/C16H10BrClO4/c1-21-15-7-13(20)9(5-10(15)17)14-6-12(19)8-3-2-4-11(18)16(8)22-14/h2-7,20H,1H3. The minimum absolute atomic E-state index is 0.0606. The summed E-state index contributed by atoms with van der Waals surface area (Å²) in [6, 6.07) is 9.35. The SMILES string of the molecule is COc1cc(O)c(-c2cc(=O)c3cccc(Cl)c3o2)cc1Br. The zero-order valence-electron chi connectivity index (χ0n) is 11.4. The van der Waals surface area contributed by atoms with Gasteiger partial charge in [0.05, 0.1) is 27.6 Å². The van der Waals surface area contributed by atoms with Gasteiger partial charge in [0.25, 0.3) is 0 Å². The van der Waals surface area contributed by atoms with E-state index >= 15 is 0 Å². The number of aromatic hydroxyl groups is 1. The van der Waals surface area contributed by atoms with Crippen molar-refractivity contribution in [3.63, 3.8) is 0 Å². The first-order valence-corrected chi connectivity index (χ1v) is 7.47. The molecule has 0 saturated heterocycles. The molecule has 0 aliphatic heterocycles. The number of phenolic OH excluding ortho intramolecular Hbond substituents is 1. The second-order valence-corrected chi connectivity index (χ2v) is 5.86. The molecular weight excluding hydrogens is 372 g/mol. The first-order chi connectivity index (χ1) is 10.5. The van der Waals surface area contributed by atoms with E-state index in [1.54, 1.807) is 24.3 Å². The Morgan fingerprint density at radius 1 is 1.27 bits per heavy atom. The minimum Gasteiger partial charge on any atom is -0.507 e. The van der Waals surface area contributed by atoms with E-state index in [2.05, 4.69) is 15.9 Å². The van der Waals surface area contributed by atoms with Crippen molar-refractivity contribution in [2.75, 3.05) is 7.11 Å². The molecule has 6 heteroatoms. The van der Waals surface area contributed by atoms with Gasteiger partial charge in [0, 0.05) is 12.1 Å². The van der Waals surface area contributed by atoms with E-state index in [-0.39, 0.29) is 22.5 Å². The van der Waals surface area contributed by atoms with Crippen molar-refractivity contribution in [1.82, 2.24) is 0 Å². The Morgan fingerprint density at radius 2 is 2.05 bits per heavy atom. The summed E-state index contributed by atoms with van der Waals surface area (Å²) in [7, 11) is 1.50. The zero-order chi connectivity index (χ0) is 15.9. The second kappa shape index (κ2) is 5.66. The topological polar surface area (TPSA) is 59.7 Å². The third kappa shape index (κ3) is 2.46. The van der Waals surface area contributed by atoms with E-state index < -0.39 is 0 Å². The largest absolute Gasteiger partial charge is 0.507 e. The fraction of sp³-hybridized carbons (Fsp3) is 0.0625. The quantitative estimate of drug-likeness (QED) is 0.705. The van der Waals surface area contributed by atoms with Crippen LogP contribution >= 0.6 is 27.5 Å². The summed E-state index contributed by atoms with van der Waals surface area (Å²) in [4.78, 5) is 12.2. The van der Waals surface area contributed by atoms with Crippen LogP contribution in [-0.4, -0.2) is 12.2 Å². The summed E-state index contributed by atoms with van der Waals surface area (Å²) in [5, 5.41) is 10.9. The van der Waals surface area contributed by atoms with Gasteiger partial charge in [-0.05, 0) is 34.1 Å². The second-order valence-electron chi connectivity index (χ2n) is 4.60. The van der Waals surface area contributed by atoms with Gasteiger partial charge in [-0.2, -0.15) is 0 Å². The lowest BCUT2D eigenvalue weighted by atomic mass is 10.1. The molecule has 0 unspecified atom stereocenters. The predicted octanol–water partition coefficient (Wildman–Crippen LogP) is 4.59. The molecule has 2 aromatic carbocycles. The van der Waals surface area contributed by atoms with Crippen molar-refractivity contribution < 1.29 is 14.3 Å². The summed E-state index contributed by atoms with van der Waals surface area (Å²) in [6.07, 6.45) is 0. The van der Waals surface area contributed by atoms with Gasteiger partial charge in [-0.15, -0.1) is 0 Å². The van der Waals surface area contributed by atoms with Crippen LogP contribution < -0.4 is 10.2 Å². The molecule has 0 aliphatic rings. The number of hydrogen-bond donors (Lipinski definition) is 1. The van der Waals surface area contributed by atoms with Crippen molar-refractivity contribution in [3.05, 3.63) is 56.1 Å². The summed E-state index contributed by atoms with van der Waals surface area (Å²) < 4.78 is 11.5. The summed E-state index contributed by atoms with van der Waals surface area (Å²) >= 11 is 9.42. The third-order valence-electron chi connectivity index (χ3n) is 3.24. The minimum atomic E-state index is -0.231. The van der Waals surface area contributed by atoms with Crippen molar-refractivity contribution in [2.24, 2.45) is 0 Å². The highest BCUT2D eigenvalue weighted by Crippen LogP contribution is 2.38. The maximum atomic E-state index is 12.2. The molecule has 0 saturated carbocycles. The lowest BCUT2D eigenvalue weighted by Gasteiger charge is -2.09. The van der Waals surface area contributed by atoms with Crippen LogP contribution in [0.15, 0.2) is 50.1 Å². The van der Waals surface area contributed by atoms with E-state index in [4.69, 9.17) is 20.8 Å². The molecule has 1 aromatic heterocycles. The molecule has 3 rings (SSSR count). The lowest BCUT2D eigenvalue weighted by molar-refractivity contribution is 0.405. The number of hydrogen-bond acceptors (Lipinski definition) is 4. The highest BCUT2D eigenvalue weighted by molar-refractivity contribution is 9.10. The smallest absolute Gasteiger partial charge is 0.193 e. The van der Waals surface area contributed by atoms with E-state index in [0.29, 0.717) is 26.2 Å². The van der Waals surface area contributed by atoms with Crippen molar-refractivity contribution in [1.29, 1.82) is 0 Å². The first kappa shape index (κ1) is 14.9. The highest BCUT2D eigenvalue weighted by Gasteiger charge is 2.15. The summed E-state index contributed by atoms with van der Waals surface area (Å²) in [5.74, 6) is 0.642. The Morgan fingerprint density at radius 3 is 2.77 bits per heavy atom. The Bertz CT molecular complexity index is 933. The molecule has 0 amide bonds. The van der Waals surface area contributed by atoms with E-state index in [1.165, 1.54) is 19.2 Å². The van der Waals surface area contributed by atoms with Crippen LogP contribution in [-0.2, 0) is 0 Å². The van der Waals surface area contributed by atoms with Crippen LogP contribution in [0.1, 0.15) is 0 Å². The van der Waals surface area contributed by atoms with Crippen LogP contribution in [0, 0.1) is 0 Å². The van der Waals surface area contributed by atoms with E-state index in [9.17, 15) is 9.90 Å². The molecule has 1 heterocycles. The maximum Gasteiger partial charge on any atom is 0.193 e. The normalized spacial score (nSPS) is 10.9. The molecule has 3 aromatic rings. The Kier molecular flexibility index (Phi) is 3.85. The van der Waals surface area contributed by atoms with Gasteiger partial charge >= 0.3 is 0 Å². The number of rotatable bonds is 2. The number of methoxy groups -OCH3 is 1. The average molecular weight is 382 g/mol. The number of fused-ring (bicyclic) bond motifs is 1. The molecule has 0 spiro atoms. The average Bonchev–Trinajstić information content (AvgIpc) is 2.50. The van der Waals surface area contributed by atoms with Gasteiger partial charge in [0.1, 0.15) is 17.3 Å². The fourth-order valence-electron chi connectivity index (χ4n) is 2.17. The first-order valence-electron chi connectivity index (χ1n) is 6.30. The number of para-hydroxylation sites is 1. The molecular formula is C16H10BrClO4. The van der Waals surface area contributed by atoms with E-state index in [0.717, 1.165) is 0 Å². The van der Waals surface area contributed by atoms with Gasteiger partial charge < -0.3 is 14.3 Å². The predicted molar refractivity (Wildman–Crippen MR) is 88.8 cm³/mol. The molecule has 112 valence electrons. The Hall–Kier alpha value is -1.98. The molecule has 0 aliphatic carbocycles. The molecule has 22 heavy (non-hydrogen) atoms. The molecule has 0 radical (unpaired) electrons. The number of halogens is 2. The lowest BCUT2D eigenvalue weighted by Crippen LogP contribution is -2.00. The number of ether oxygens (including phenoxy) is 1. The van der Waals surface area contributed by atoms with Gasteiger partial charge in [0.15, 0.2) is 11.0 Å². The fourth-order valence-corrected chi connectivity index (χ4v) is 2.89. The number of benzene rings is 2. The van der Waals surface area contributed by atoms with Crippen molar-refractivity contribution >= 4 is 38.5 Å². The molecule has 0 fully saturated rings. The Balaban J connectivity index is 2.30. The summed E-state index contributed by atoms with van der Waals surface area (Å²) in [5.41, 5.74) is 0.426. The highest BCUT2D eigenvalue weighted by atomic mass is 79.9. The number of phenols is 1. The molecule has 1 N–H and O–H groups in total. The Labute approximate surface area is 139 Å². The van der Waals surface area contributed by atoms with Crippen LogP contribution in [0.4, 0.5) is 0 Å². The van der Waals surface area contributed by atoms with Gasteiger partial charge in [-0.3, -0.25) is 4.79 Å². The third-order valence-corrected chi connectivity index (χ3v) is 4.16. The zero-order valence-corrected chi connectivity index (χ0v) is 13.7. The summed E-state index contributed by atoms with van der Waals surface area (Å²) in [6.45, 7) is 0. The van der Waals surface area contributed by atoms with Crippen LogP contribution in [0.5, 0.6) is 11.5 Å². The molecule has 4 nitrogen and oxygen atoms in total. The van der Waals surface area contributed by atoms with Gasteiger partial charge in [0.2, 0.25) is 0 Å². The maximum absolute atomic E-state index is 12.2. The van der Waals surface area contributed by atoms with Gasteiger partial charge in [-0.1, -0.05) is 17.7 Å². The van der Waals surface area contributed by atoms with Crippen LogP contribution in [0.25, 0.3) is 22.3 Å². The molecule has 0 atom stereocenters. The van der Waals surface area contributed by atoms with E-state index in [1.807, 2.05) is 0 Å². The van der Waals surface area contributed by atoms with Gasteiger partial charge in [-0.25, -0.2) is 0 Å². The van der Waals surface area contributed by atoms with Crippen LogP contribution in [0.2, 0.25) is 5.02 Å². The monoisotopic (exact) mass is 380 g/mol. The van der Waals surface area contributed by atoms with Crippen LogP contribution in [0.3, 0.4) is 0 Å². The van der Waals surface area contributed by atoms with Crippen molar-refractivity contribution in [3.8, 4) is 22.8 Å².